The maximum atomic E-state index is 13.4. The summed E-state index contributed by atoms with van der Waals surface area (Å²) < 4.78 is 65.5. The molecular weight excluding hydrogens is 277 g/mol. The Kier molecular flexibility index (Phi) is 4.55. The topological polar surface area (TPSA) is 4.36 Å². The van der Waals surface area contributed by atoms with Gasteiger partial charge in [-0.2, -0.15) is 13.2 Å². The second kappa shape index (κ2) is 5.87. The van der Waals surface area contributed by atoms with E-state index in [-0.39, 0.29) is 37.5 Å². The first-order valence-electron chi connectivity index (χ1n) is 7.04. The van der Waals surface area contributed by atoms with Gasteiger partial charge < -0.3 is 4.85 Å². The van der Waals surface area contributed by atoms with Gasteiger partial charge in [-0.15, -0.1) is 0 Å². The molecule has 0 bridgehead atoms. The normalized spacial score (nSPS) is 43.0. The highest BCUT2D eigenvalue weighted by atomic mass is 19.4. The third-order valence-electron chi connectivity index (χ3n) is 4.84. The Morgan fingerprint density at radius 1 is 0.850 bits per heavy atom. The van der Waals surface area contributed by atoms with Crippen LogP contribution in [0.25, 0.3) is 4.85 Å². The molecule has 2 saturated carbocycles. The van der Waals surface area contributed by atoms with Gasteiger partial charge in [-0.05, 0) is 43.9 Å². The van der Waals surface area contributed by atoms with E-state index in [1.807, 2.05) is 0 Å². The Labute approximate surface area is 115 Å². The smallest absolute Gasteiger partial charge is 0.313 e. The zero-order valence-electron chi connectivity index (χ0n) is 11.0. The summed E-state index contributed by atoms with van der Waals surface area (Å²) in [5.41, 5.74) is 0. The lowest BCUT2D eigenvalue weighted by atomic mass is 9.68. The second-order valence-electron chi connectivity index (χ2n) is 6.02. The van der Waals surface area contributed by atoms with E-state index in [2.05, 4.69) is 4.85 Å². The monoisotopic (exact) mass is 295 g/mol. The molecule has 0 aromatic rings. The third-order valence-corrected chi connectivity index (χ3v) is 4.84. The predicted octanol–water partition coefficient (Wildman–Crippen LogP) is 4.73. The first-order chi connectivity index (χ1) is 9.32. The molecule has 6 unspecified atom stereocenters. The van der Waals surface area contributed by atoms with Gasteiger partial charge in [0.15, 0.2) is 0 Å². The van der Waals surface area contributed by atoms with E-state index >= 15 is 0 Å². The van der Waals surface area contributed by atoms with Crippen molar-refractivity contribution in [1.29, 1.82) is 0 Å². The number of rotatable bonds is 1. The van der Waals surface area contributed by atoms with Crippen molar-refractivity contribution in [2.45, 2.75) is 63.1 Å². The fourth-order valence-electron chi connectivity index (χ4n) is 3.66. The molecule has 0 spiro atoms. The number of halogens is 5. The van der Waals surface area contributed by atoms with E-state index in [9.17, 15) is 22.0 Å². The van der Waals surface area contributed by atoms with Gasteiger partial charge in [0.25, 0.3) is 0 Å². The molecular formula is C14H18F5N. The average Bonchev–Trinajstić information content (AvgIpc) is 2.40. The molecule has 0 aliphatic heterocycles. The highest BCUT2D eigenvalue weighted by molar-refractivity contribution is 4.97. The minimum atomic E-state index is -4.37. The van der Waals surface area contributed by atoms with Crippen molar-refractivity contribution in [3.8, 4) is 0 Å². The molecule has 2 aliphatic carbocycles. The van der Waals surface area contributed by atoms with E-state index in [0.717, 1.165) is 0 Å². The maximum Gasteiger partial charge on any atom is 0.399 e. The third kappa shape index (κ3) is 3.24. The fourth-order valence-corrected chi connectivity index (χ4v) is 3.66. The van der Waals surface area contributed by atoms with Crippen molar-refractivity contribution in [2.24, 2.45) is 17.8 Å². The zero-order chi connectivity index (χ0) is 14.9. The summed E-state index contributed by atoms with van der Waals surface area (Å²) >= 11 is 0. The SMILES string of the molecule is [C-]#[N+]C1CCC(C2CCC(F)C(F)C2)CC1C(F)(F)F. The van der Waals surface area contributed by atoms with Gasteiger partial charge in [0.1, 0.15) is 18.3 Å². The summed E-state index contributed by atoms with van der Waals surface area (Å²) in [5.74, 6) is -2.01. The van der Waals surface area contributed by atoms with Crippen LogP contribution >= 0.6 is 0 Å². The molecule has 0 N–H and O–H groups in total. The molecule has 1 nitrogen and oxygen atoms in total. The van der Waals surface area contributed by atoms with E-state index < -0.39 is 30.5 Å². The Bertz CT molecular complexity index is 375. The van der Waals surface area contributed by atoms with Crippen LogP contribution in [0.2, 0.25) is 0 Å². The van der Waals surface area contributed by atoms with E-state index in [0.29, 0.717) is 12.8 Å². The van der Waals surface area contributed by atoms with Gasteiger partial charge in [-0.1, -0.05) is 0 Å². The van der Waals surface area contributed by atoms with Crippen LogP contribution in [-0.2, 0) is 0 Å². The first kappa shape index (κ1) is 15.5. The molecule has 0 heterocycles. The number of hydrogen-bond acceptors (Lipinski definition) is 0. The largest absolute Gasteiger partial charge is 0.399 e. The molecule has 2 aliphatic rings. The molecule has 0 amide bonds. The highest BCUT2D eigenvalue weighted by Crippen LogP contribution is 2.47. The summed E-state index contributed by atoms with van der Waals surface area (Å²) in [6.07, 6.45) is -6.17. The molecule has 2 fully saturated rings. The summed E-state index contributed by atoms with van der Waals surface area (Å²) in [6, 6.07) is -1.01. The summed E-state index contributed by atoms with van der Waals surface area (Å²) in [5, 5.41) is 0. The molecule has 114 valence electrons. The quantitative estimate of drug-likeness (QED) is 0.486. The number of hydrogen-bond donors (Lipinski definition) is 0. The van der Waals surface area contributed by atoms with Crippen molar-refractivity contribution in [3.63, 3.8) is 0 Å². The lowest BCUT2D eigenvalue weighted by Gasteiger charge is -2.38. The molecule has 2 rings (SSSR count). The van der Waals surface area contributed by atoms with Crippen molar-refractivity contribution in [3.05, 3.63) is 11.4 Å². The second-order valence-corrected chi connectivity index (χ2v) is 6.02. The maximum absolute atomic E-state index is 13.4. The Balaban J connectivity index is 2.03. The minimum Gasteiger partial charge on any atom is -0.313 e. The van der Waals surface area contributed by atoms with Gasteiger partial charge in [-0.25, -0.2) is 15.4 Å². The molecule has 6 heteroatoms. The van der Waals surface area contributed by atoms with Gasteiger partial charge in [0.05, 0.1) is 0 Å². The average molecular weight is 295 g/mol. The van der Waals surface area contributed by atoms with Gasteiger partial charge >= 0.3 is 6.18 Å². The van der Waals surface area contributed by atoms with Crippen LogP contribution in [0.1, 0.15) is 38.5 Å². The summed E-state index contributed by atoms with van der Waals surface area (Å²) in [7, 11) is 0. The Hall–Kier alpha value is -0.860. The predicted molar refractivity (Wildman–Crippen MR) is 64.4 cm³/mol. The van der Waals surface area contributed by atoms with E-state index in [4.69, 9.17) is 6.57 Å². The Morgan fingerprint density at radius 2 is 1.45 bits per heavy atom. The standard InChI is InChI=1S/C14H18F5N/c1-20-13-5-3-8(6-10(13)14(17,18)19)9-2-4-11(15)12(16)7-9/h8-13H,2-7H2. The number of alkyl halides is 5. The van der Waals surface area contributed by atoms with Gasteiger partial charge in [0, 0.05) is 6.42 Å². The minimum absolute atomic E-state index is 0.0269. The summed E-state index contributed by atoms with van der Waals surface area (Å²) in [4.78, 5) is 3.10. The molecule has 0 aromatic carbocycles. The molecule has 0 aromatic heterocycles. The molecule has 0 radical (unpaired) electrons. The van der Waals surface area contributed by atoms with Gasteiger partial charge in [-0.3, -0.25) is 0 Å². The molecule has 0 saturated heterocycles. The lowest BCUT2D eigenvalue weighted by Crippen LogP contribution is -2.41. The van der Waals surface area contributed by atoms with Crippen LogP contribution < -0.4 is 0 Å². The lowest BCUT2D eigenvalue weighted by molar-refractivity contribution is -0.189. The van der Waals surface area contributed by atoms with Crippen molar-refractivity contribution >= 4 is 0 Å². The summed E-state index contributed by atoms with van der Waals surface area (Å²) in [6.45, 7) is 6.89. The van der Waals surface area contributed by atoms with Crippen LogP contribution in [-0.4, -0.2) is 24.6 Å². The number of nitrogens with zero attached hydrogens (tertiary/aromatic N) is 1. The van der Waals surface area contributed by atoms with E-state index in [1.165, 1.54) is 0 Å². The highest BCUT2D eigenvalue weighted by Gasteiger charge is 2.52. The van der Waals surface area contributed by atoms with Crippen LogP contribution in [0.15, 0.2) is 0 Å². The van der Waals surface area contributed by atoms with Crippen molar-refractivity contribution < 1.29 is 22.0 Å². The Morgan fingerprint density at radius 3 is 2.00 bits per heavy atom. The van der Waals surface area contributed by atoms with Crippen LogP contribution in [0.5, 0.6) is 0 Å². The molecule has 20 heavy (non-hydrogen) atoms. The van der Waals surface area contributed by atoms with Crippen LogP contribution in [0, 0.1) is 24.3 Å². The molecule has 6 atom stereocenters. The fraction of sp³-hybridized carbons (Fsp3) is 0.929. The van der Waals surface area contributed by atoms with Crippen molar-refractivity contribution in [1.82, 2.24) is 0 Å². The van der Waals surface area contributed by atoms with Gasteiger partial charge in [0.2, 0.25) is 6.04 Å². The van der Waals surface area contributed by atoms with Crippen LogP contribution in [0.4, 0.5) is 22.0 Å². The van der Waals surface area contributed by atoms with E-state index in [1.54, 1.807) is 0 Å². The van der Waals surface area contributed by atoms with Crippen molar-refractivity contribution in [2.75, 3.05) is 0 Å². The van der Waals surface area contributed by atoms with Crippen LogP contribution in [0.3, 0.4) is 0 Å². The zero-order valence-corrected chi connectivity index (χ0v) is 11.0. The first-order valence-corrected chi connectivity index (χ1v) is 7.04.